The number of rotatable bonds is 5. The maximum absolute atomic E-state index is 8.85. The molecule has 76 valence electrons. The van der Waals surface area contributed by atoms with Gasteiger partial charge in [-0.2, -0.15) is 0 Å². The SMILES string of the molecule is C=CCN(CCO)c1ncc(C)cn1. The van der Waals surface area contributed by atoms with E-state index in [1.54, 1.807) is 18.5 Å². The van der Waals surface area contributed by atoms with Gasteiger partial charge in [-0.1, -0.05) is 6.08 Å². The van der Waals surface area contributed by atoms with Gasteiger partial charge in [0.15, 0.2) is 0 Å². The Hall–Kier alpha value is -1.42. The van der Waals surface area contributed by atoms with Crippen molar-refractivity contribution in [2.45, 2.75) is 6.92 Å². The van der Waals surface area contributed by atoms with E-state index < -0.39 is 0 Å². The standard InChI is InChI=1S/C10H15N3O/c1-3-4-13(5-6-14)10-11-7-9(2)8-12-10/h3,7-8,14H,1,4-6H2,2H3. The second-order valence-electron chi connectivity index (χ2n) is 3.02. The lowest BCUT2D eigenvalue weighted by atomic mass is 10.4. The van der Waals surface area contributed by atoms with Crippen molar-refractivity contribution in [3.63, 3.8) is 0 Å². The molecule has 0 amide bonds. The number of anilines is 1. The summed E-state index contributed by atoms with van der Waals surface area (Å²) in [5.74, 6) is 0.629. The number of hydrogen-bond acceptors (Lipinski definition) is 4. The molecule has 1 rings (SSSR count). The molecule has 0 aliphatic carbocycles. The van der Waals surface area contributed by atoms with Gasteiger partial charge in [-0.05, 0) is 12.5 Å². The molecule has 0 fully saturated rings. The number of aryl methyl sites for hydroxylation is 1. The predicted octanol–water partition coefficient (Wildman–Crippen LogP) is 0.770. The number of nitrogens with zero attached hydrogens (tertiary/aromatic N) is 3. The molecule has 0 aliphatic heterocycles. The Balaban J connectivity index is 2.76. The topological polar surface area (TPSA) is 49.2 Å². The third-order valence-corrected chi connectivity index (χ3v) is 1.77. The van der Waals surface area contributed by atoms with Gasteiger partial charge in [0.1, 0.15) is 0 Å². The van der Waals surface area contributed by atoms with Crippen LogP contribution in [-0.2, 0) is 0 Å². The summed E-state index contributed by atoms with van der Waals surface area (Å²) < 4.78 is 0. The third-order valence-electron chi connectivity index (χ3n) is 1.77. The van der Waals surface area contributed by atoms with Crippen LogP contribution in [0, 0.1) is 6.92 Å². The van der Waals surface area contributed by atoms with Crippen LogP contribution in [0.5, 0.6) is 0 Å². The molecule has 0 bridgehead atoms. The van der Waals surface area contributed by atoms with E-state index in [0.29, 0.717) is 19.0 Å². The van der Waals surface area contributed by atoms with Gasteiger partial charge in [0.05, 0.1) is 6.61 Å². The van der Waals surface area contributed by atoms with Crippen LogP contribution in [0.3, 0.4) is 0 Å². The third kappa shape index (κ3) is 2.81. The fraction of sp³-hybridized carbons (Fsp3) is 0.400. The smallest absolute Gasteiger partial charge is 0.225 e. The Kier molecular flexibility index (Phi) is 4.07. The molecule has 0 aliphatic rings. The van der Waals surface area contributed by atoms with E-state index in [4.69, 9.17) is 5.11 Å². The minimum absolute atomic E-state index is 0.0884. The van der Waals surface area contributed by atoms with Crippen LogP contribution in [0.15, 0.2) is 25.0 Å². The zero-order valence-corrected chi connectivity index (χ0v) is 8.35. The van der Waals surface area contributed by atoms with Crippen LogP contribution < -0.4 is 4.90 Å². The van der Waals surface area contributed by atoms with Crippen LogP contribution in [0.1, 0.15) is 5.56 Å². The van der Waals surface area contributed by atoms with Crippen LogP contribution in [-0.4, -0.2) is 34.8 Å². The summed E-state index contributed by atoms with van der Waals surface area (Å²) in [6.07, 6.45) is 5.28. The van der Waals surface area contributed by atoms with Crippen molar-refractivity contribution >= 4 is 5.95 Å². The Morgan fingerprint density at radius 3 is 2.64 bits per heavy atom. The van der Waals surface area contributed by atoms with Crippen LogP contribution >= 0.6 is 0 Å². The predicted molar refractivity (Wildman–Crippen MR) is 56.3 cm³/mol. The summed E-state index contributed by atoms with van der Waals surface area (Å²) in [5.41, 5.74) is 1.02. The van der Waals surface area contributed by atoms with Crippen molar-refractivity contribution in [3.8, 4) is 0 Å². The Labute approximate surface area is 83.9 Å². The molecule has 0 saturated heterocycles. The van der Waals surface area contributed by atoms with Crippen molar-refractivity contribution in [2.75, 3.05) is 24.6 Å². The Bertz CT molecular complexity index is 284. The van der Waals surface area contributed by atoms with Crippen LogP contribution in [0.2, 0.25) is 0 Å². The molecule has 1 aromatic rings. The number of aliphatic hydroxyl groups excluding tert-OH is 1. The van der Waals surface area contributed by atoms with Crippen molar-refractivity contribution in [1.29, 1.82) is 0 Å². The molecule has 0 atom stereocenters. The van der Waals surface area contributed by atoms with E-state index in [1.165, 1.54) is 0 Å². The zero-order chi connectivity index (χ0) is 10.4. The molecule has 0 spiro atoms. The maximum Gasteiger partial charge on any atom is 0.225 e. The van der Waals surface area contributed by atoms with E-state index in [9.17, 15) is 0 Å². The van der Waals surface area contributed by atoms with Crippen molar-refractivity contribution in [1.82, 2.24) is 9.97 Å². The summed E-state index contributed by atoms with van der Waals surface area (Å²) in [4.78, 5) is 10.2. The first kappa shape index (κ1) is 10.7. The highest BCUT2D eigenvalue weighted by Crippen LogP contribution is 2.05. The zero-order valence-electron chi connectivity index (χ0n) is 8.35. The molecular weight excluding hydrogens is 178 g/mol. The van der Waals surface area contributed by atoms with Gasteiger partial charge in [0.2, 0.25) is 5.95 Å². The second kappa shape index (κ2) is 5.34. The van der Waals surface area contributed by atoms with Gasteiger partial charge >= 0.3 is 0 Å². The van der Waals surface area contributed by atoms with Gasteiger partial charge in [-0.15, -0.1) is 6.58 Å². The monoisotopic (exact) mass is 193 g/mol. The highest BCUT2D eigenvalue weighted by molar-refractivity contribution is 5.30. The second-order valence-corrected chi connectivity index (χ2v) is 3.02. The van der Waals surface area contributed by atoms with Gasteiger partial charge in [0.25, 0.3) is 0 Å². The molecule has 1 heterocycles. The molecule has 0 unspecified atom stereocenters. The fourth-order valence-corrected chi connectivity index (χ4v) is 1.10. The first-order valence-electron chi connectivity index (χ1n) is 4.53. The van der Waals surface area contributed by atoms with Crippen LogP contribution in [0.25, 0.3) is 0 Å². The minimum Gasteiger partial charge on any atom is -0.395 e. The van der Waals surface area contributed by atoms with Crippen molar-refractivity contribution in [3.05, 3.63) is 30.6 Å². The van der Waals surface area contributed by atoms with Gasteiger partial charge in [-0.3, -0.25) is 0 Å². The van der Waals surface area contributed by atoms with E-state index in [-0.39, 0.29) is 6.61 Å². The molecule has 4 heteroatoms. The molecule has 0 radical (unpaired) electrons. The number of aliphatic hydroxyl groups is 1. The number of aromatic nitrogens is 2. The van der Waals surface area contributed by atoms with Gasteiger partial charge in [-0.25, -0.2) is 9.97 Å². The van der Waals surface area contributed by atoms with E-state index >= 15 is 0 Å². The van der Waals surface area contributed by atoms with Crippen molar-refractivity contribution < 1.29 is 5.11 Å². The van der Waals surface area contributed by atoms with Gasteiger partial charge < -0.3 is 10.0 Å². The first-order chi connectivity index (χ1) is 6.77. The van der Waals surface area contributed by atoms with Crippen LogP contribution in [0.4, 0.5) is 5.95 Å². The molecule has 0 aromatic carbocycles. The van der Waals surface area contributed by atoms with Crippen molar-refractivity contribution in [2.24, 2.45) is 0 Å². The highest BCUT2D eigenvalue weighted by Gasteiger charge is 2.05. The van der Waals surface area contributed by atoms with Gasteiger partial charge in [0, 0.05) is 25.5 Å². The van der Waals surface area contributed by atoms with E-state index in [1.807, 2.05) is 11.8 Å². The molecule has 4 nitrogen and oxygen atoms in total. The Morgan fingerprint density at radius 2 is 2.14 bits per heavy atom. The summed E-state index contributed by atoms with van der Waals surface area (Å²) in [7, 11) is 0. The van der Waals surface area contributed by atoms with E-state index in [0.717, 1.165) is 5.56 Å². The lowest BCUT2D eigenvalue weighted by Crippen LogP contribution is -2.28. The average Bonchev–Trinajstić information content (AvgIpc) is 2.19. The molecule has 0 saturated carbocycles. The molecule has 14 heavy (non-hydrogen) atoms. The highest BCUT2D eigenvalue weighted by atomic mass is 16.3. The summed E-state index contributed by atoms with van der Waals surface area (Å²) in [6, 6.07) is 0. The minimum atomic E-state index is 0.0884. The lowest BCUT2D eigenvalue weighted by molar-refractivity contribution is 0.302. The largest absolute Gasteiger partial charge is 0.395 e. The normalized spacial score (nSPS) is 9.86. The Morgan fingerprint density at radius 1 is 1.50 bits per heavy atom. The first-order valence-corrected chi connectivity index (χ1v) is 4.53. The lowest BCUT2D eigenvalue weighted by Gasteiger charge is -2.19. The molecule has 1 aromatic heterocycles. The summed E-state index contributed by atoms with van der Waals surface area (Å²) >= 11 is 0. The maximum atomic E-state index is 8.85. The number of hydrogen-bond donors (Lipinski definition) is 1. The summed E-state index contributed by atoms with van der Waals surface area (Å²) in [6.45, 7) is 6.84. The fourth-order valence-electron chi connectivity index (χ4n) is 1.10. The summed E-state index contributed by atoms with van der Waals surface area (Å²) in [5, 5.41) is 8.85. The quantitative estimate of drug-likeness (QED) is 0.702. The average molecular weight is 193 g/mol. The molecular formula is C10H15N3O. The molecule has 1 N–H and O–H groups in total. The van der Waals surface area contributed by atoms with E-state index in [2.05, 4.69) is 16.5 Å².